The minimum atomic E-state index is 0.300. The lowest BCUT2D eigenvalue weighted by Gasteiger charge is -2.57. The molecule has 2 N–H and O–H groups in total. The molecule has 3 aliphatic rings. The summed E-state index contributed by atoms with van der Waals surface area (Å²) in [6.07, 6.45) is 6.78. The highest BCUT2D eigenvalue weighted by Crippen LogP contribution is 2.60. The first-order valence-corrected chi connectivity index (χ1v) is 11.6. The van der Waals surface area contributed by atoms with Crippen LogP contribution < -0.4 is 10.6 Å². The SMILES string of the molecule is Cc1nnc(CN=C(NCc2cccs2)NC2C3CCOC3C23CCCC3)n1C. The Hall–Kier alpha value is -1.93. The molecule has 2 saturated carbocycles. The average Bonchev–Trinajstić information content (AvgIpc) is 3.50. The summed E-state index contributed by atoms with van der Waals surface area (Å²) in [6.45, 7) is 4.17. The average molecular weight is 415 g/mol. The fraction of sp³-hybridized carbons (Fsp3) is 0.667. The molecule has 1 spiro atoms. The molecule has 0 radical (unpaired) electrons. The maximum absolute atomic E-state index is 6.15. The fourth-order valence-electron chi connectivity index (χ4n) is 5.53. The minimum absolute atomic E-state index is 0.300. The van der Waals surface area contributed by atoms with Gasteiger partial charge in [-0.05, 0) is 37.6 Å². The van der Waals surface area contributed by atoms with Gasteiger partial charge in [-0.25, -0.2) is 4.99 Å². The Morgan fingerprint density at radius 2 is 2.24 bits per heavy atom. The lowest BCUT2D eigenvalue weighted by molar-refractivity contribution is -0.125. The maximum Gasteiger partial charge on any atom is 0.192 e. The molecule has 29 heavy (non-hydrogen) atoms. The van der Waals surface area contributed by atoms with Crippen molar-refractivity contribution < 1.29 is 4.74 Å². The lowest BCUT2D eigenvalue weighted by atomic mass is 9.54. The second-order valence-electron chi connectivity index (χ2n) is 8.63. The summed E-state index contributed by atoms with van der Waals surface area (Å²) >= 11 is 1.77. The standard InChI is InChI=1S/C21H30N6OS/c1-14-25-26-17(27(14)2)13-23-20(22-12-15-6-5-11-29-15)24-18-16-7-10-28-19(16)21(18)8-3-4-9-21/h5-6,11,16,18-19H,3-4,7-10,12-13H2,1-2H3,(H2,22,23,24). The van der Waals surface area contributed by atoms with Crippen molar-refractivity contribution in [2.75, 3.05) is 6.61 Å². The predicted octanol–water partition coefficient (Wildman–Crippen LogP) is 2.77. The van der Waals surface area contributed by atoms with Gasteiger partial charge in [0.25, 0.3) is 0 Å². The zero-order valence-corrected chi connectivity index (χ0v) is 18.0. The van der Waals surface area contributed by atoms with E-state index in [9.17, 15) is 0 Å². The van der Waals surface area contributed by atoms with Gasteiger partial charge in [0.15, 0.2) is 11.8 Å². The van der Waals surface area contributed by atoms with Crippen LogP contribution in [0, 0.1) is 18.3 Å². The van der Waals surface area contributed by atoms with Crippen molar-refractivity contribution in [1.82, 2.24) is 25.4 Å². The number of nitrogens with one attached hydrogen (secondary N) is 2. The van der Waals surface area contributed by atoms with E-state index in [0.717, 1.165) is 37.2 Å². The number of hydrogen-bond donors (Lipinski definition) is 2. The van der Waals surface area contributed by atoms with Crippen molar-refractivity contribution >= 4 is 17.3 Å². The zero-order valence-electron chi connectivity index (χ0n) is 17.2. The highest BCUT2D eigenvalue weighted by Gasteiger charge is 2.65. The summed E-state index contributed by atoms with van der Waals surface area (Å²) in [5.74, 6) is 3.27. The molecule has 2 aromatic heterocycles. The van der Waals surface area contributed by atoms with E-state index < -0.39 is 0 Å². The monoisotopic (exact) mass is 414 g/mol. The van der Waals surface area contributed by atoms with E-state index in [4.69, 9.17) is 9.73 Å². The number of rotatable bonds is 5. The molecule has 156 valence electrons. The Morgan fingerprint density at radius 1 is 1.38 bits per heavy atom. The number of ether oxygens (including phenoxy) is 1. The Balaban J connectivity index is 1.34. The van der Waals surface area contributed by atoms with Crippen LogP contribution >= 0.6 is 11.3 Å². The Labute approximate surface area is 176 Å². The van der Waals surface area contributed by atoms with Crippen LogP contribution in [-0.2, 0) is 24.9 Å². The largest absolute Gasteiger partial charge is 0.377 e. The van der Waals surface area contributed by atoms with Crippen molar-refractivity contribution in [3.8, 4) is 0 Å². The number of aryl methyl sites for hydroxylation is 1. The lowest BCUT2D eigenvalue weighted by Crippen LogP contribution is -2.69. The molecule has 3 fully saturated rings. The summed E-state index contributed by atoms with van der Waals surface area (Å²) < 4.78 is 8.15. The molecule has 0 amide bonds. The van der Waals surface area contributed by atoms with Crippen LogP contribution in [0.5, 0.6) is 0 Å². The third-order valence-electron chi connectivity index (χ3n) is 7.15. The molecule has 3 heterocycles. The number of guanidine groups is 1. The molecule has 0 bridgehead atoms. The van der Waals surface area contributed by atoms with Gasteiger partial charge in [-0.3, -0.25) is 0 Å². The molecular formula is C21H30N6OS. The van der Waals surface area contributed by atoms with Gasteiger partial charge in [-0.2, -0.15) is 0 Å². The second kappa shape index (κ2) is 7.72. The molecule has 1 saturated heterocycles. The number of aliphatic imine (C=N–C) groups is 1. The van der Waals surface area contributed by atoms with Gasteiger partial charge in [0.05, 0.1) is 12.6 Å². The molecule has 2 aliphatic carbocycles. The van der Waals surface area contributed by atoms with Crippen LogP contribution in [0.15, 0.2) is 22.5 Å². The first-order valence-electron chi connectivity index (χ1n) is 10.7. The topological polar surface area (TPSA) is 76.4 Å². The van der Waals surface area contributed by atoms with Gasteiger partial charge in [-0.15, -0.1) is 21.5 Å². The Morgan fingerprint density at radius 3 is 2.97 bits per heavy atom. The van der Waals surface area contributed by atoms with Crippen LogP contribution in [0.1, 0.15) is 48.6 Å². The van der Waals surface area contributed by atoms with E-state index in [1.165, 1.54) is 30.6 Å². The molecular weight excluding hydrogens is 384 g/mol. The predicted molar refractivity (Wildman–Crippen MR) is 114 cm³/mol. The molecule has 3 unspecified atom stereocenters. The summed E-state index contributed by atoms with van der Waals surface area (Å²) in [6, 6.07) is 4.70. The number of thiophene rings is 1. The Kier molecular flexibility index (Phi) is 5.07. The normalized spacial score (nSPS) is 27.8. The molecule has 2 aromatic rings. The van der Waals surface area contributed by atoms with Crippen LogP contribution in [-0.4, -0.2) is 39.5 Å². The van der Waals surface area contributed by atoms with E-state index >= 15 is 0 Å². The molecule has 8 heteroatoms. The first-order chi connectivity index (χ1) is 14.2. The van der Waals surface area contributed by atoms with Crippen molar-refractivity contribution in [3.05, 3.63) is 34.0 Å². The number of hydrogen-bond acceptors (Lipinski definition) is 5. The maximum atomic E-state index is 6.15. The third-order valence-corrected chi connectivity index (χ3v) is 8.03. The van der Waals surface area contributed by atoms with Crippen molar-refractivity contribution in [2.45, 2.75) is 64.3 Å². The van der Waals surface area contributed by atoms with E-state index in [1.807, 2.05) is 18.5 Å². The van der Waals surface area contributed by atoms with Crippen molar-refractivity contribution in [2.24, 2.45) is 23.4 Å². The number of fused-ring (bicyclic) bond motifs is 2. The number of aromatic nitrogens is 3. The molecule has 1 aliphatic heterocycles. The van der Waals surface area contributed by atoms with Crippen LogP contribution in [0.25, 0.3) is 0 Å². The number of nitrogens with zero attached hydrogens (tertiary/aromatic N) is 4. The van der Waals surface area contributed by atoms with Gasteiger partial charge in [0, 0.05) is 35.9 Å². The minimum Gasteiger partial charge on any atom is -0.377 e. The van der Waals surface area contributed by atoms with E-state index in [1.54, 1.807) is 11.3 Å². The summed E-state index contributed by atoms with van der Waals surface area (Å²) in [5, 5.41) is 17.9. The van der Waals surface area contributed by atoms with Crippen LogP contribution in [0.3, 0.4) is 0 Å². The Bertz CT molecular complexity index is 870. The smallest absolute Gasteiger partial charge is 0.192 e. The molecule has 5 rings (SSSR count). The van der Waals surface area contributed by atoms with E-state index in [0.29, 0.717) is 30.0 Å². The van der Waals surface area contributed by atoms with Gasteiger partial charge < -0.3 is 19.9 Å². The highest BCUT2D eigenvalue weighted by molar-refractivity contribution is 7.09. The first kappa shape index (κ1) is 19.1. The summed E-state index contributed by atoms with van der Waals surface area (Å²) in [4.78, 5) is 6.20. The van der Waals surface area contributed by atoms with Gasteiger partial charge in [0.1, 0.15) is 12.4 Å². The highest BCUT2D eigenvalue weighted by atomic mass is 32.1. The van der Waals surface area contributed by atoms with Gasteiger partial charge in [-0.1, -0.05) is 18.9 Å². The third kappa shape index (κ3) is 3.36. The van der Waals surface area contributed by atoms with E-state index in [-0.39, 0.29) is 0 Å². The summed E-state index contributed by atoms with van der Waals surface area (Å²) in [7, 11) is 1.99. The second-order valence-corrected chi connectivity index (χ2v) is 9.66. The van der Waals surface area contributed by atoms with Crippen LogP contribution in [0.4, 0.5) is 0 Å². The fourth-order valence-corrected chi connectivity index (χ4v) is 6.17. The van der Waals surface area contributed by atoms with Crippen LogP contribution in [0.2, 0.25) is 0 Å². The molecule has 3 atom stereocenters. The van der Waals surface area contributed by atoms with Gasteiger partial charge in [0.2, 0.25) is 0 Å². The molecule has 0 aromatic carbocycles. The molecule has 7 nitrogen and oxygen atoms in total. The van der Waals surface area contributed by atoms with Gasteiger partial charge >= 0.3 is 0 Å². The van der Waals surface area contributed by atoms with Crippen molar-refractivity contribution in [3.63, 3.8) is 0 Å². The van der Waals surface area contributed by atoms with E-state index in [2.05, 4.69) is 38.3 Å². The zero-order chi connectivity index (χ0) is 19.8. The van der Waals surface area contributed by atoms with Crippen molar-refractivity contribution in [1.29, 1.82) is 0 Å². The summed E-state index contributed by atoms with van der Waals surface area (Å²) in [5.41, 5.74) is 0.300. The quantitative estimate of drug-likeness (QED) is 0.581.